The summed E-state index contributed by atoms with van der Waals surface area (Å²) in [6.07, 6.45) is 0.985. The van der Waals surface area contributed by atoms with Crippen molar-refractivity contribution in [1.29, 1.82) is 0 Å². The molecule has 2 aromatic rings. The van der Waals surface area contributed by atoms with E-state index in [0.717, 1.165) is 10.9 Å². The highest BCUT2D eigenvalue weighted by Crippen LogP contribution is 2.41. The monoisotopic (exact) mass is 355 g/mol. The van der Waals surface area contributed by atoms with E-state index in [1.807, 2.05) is 11.8 Å². The van der Waals surface area contributed by atoms with Crippen molar-refractivity contribution in [1.82, 2.24) is 0 Å². The molecular weight excluding hydrogens is 338 g/mol. The fourth-order valence-corrected chi connectivity index (χ4v) is 4.76. The van der Waals surface area contributed by atoms with E-state index in [0.29, 0.717) is 5.25 Å². The molecule has 4 heteroatoms. The molecule has 0 saturated heterocycles. The van der Waals surface area contributed by atoms with Gasteiger partial charge in [-0.1, -0.05) is 24.6 Å². The Kier molecular flexibility index (Phi) is 5.51. The molecule has 1 aromatic heterocycles. The number of hydrogen-bond donors (Lipinski definition) is 1. The Morgan fingerprint density at radius 2 is 2.00 bits per heavy atom. The molecule has 2 rings (SSSR count). The maximum Gasteiger partial charge on any atom is 0.0589 e. The lowest BCUT2D eigenvalue weighted by molar-refractivity contribution is 0.640. The molecule has 19 heavy (non-hydrogen) atoms. The molecular formula is C15H18BrNS2. The quantitative estimate of drug-likeness (QED) is 0.727. The van der Waals surface area contributed by atoms with Gasteiger partial charge in [0.25, 0.3) is 0 Å². The van der Waals surface area contributed by atoms with Crippen LogP contribution in [0.25, 0.3) is 0 Å². The van der Waals surface area contributed by atoms with Crippen LogP contribution < -0.4 is 5.73 Å². The minimum atomic E-state index is 0.178. The van der Waals surface area contributed by atoms with E-state index in [4.69, 9.17) is 5.73 Å². The first kappa shape index (κ1) is 15.1. The summed E-state index contributed by atoms with van der Waals surface area (Å²) < 4.78 is 1.14. The smallest absolute Gasteiger partial charge is 0.0589 e. The summed E-state index contributed by atoms with van der Waals surface area (Å²) in [4.78, 5) is 2.62. The second-order valence-corrected chi connectivity index (χ2v) is 7.66. The van der Waals surface area contributed by atoms with E-state index in [-0.39, 0.29) is 6.04 Å². The highest BCUT2D eigenvalue weighted by Gasteiger charge is 2.21. The Labute approximate surface area is 131 Å². The Morgan fingerprint density at radius 1 is 1.32 bits per heavy atom. The number of thioether (sulfide) groups is 1. The Bertz CT molecular complexity index is 521. The second kappa shape index (κ2) is 6.93. The maximum absolute atomic E-state index is 6.31. The Hall–Kier alpha value is -0.290. The zero-order valence-electron chi connectivity index (χ0n) is 11.1. The maximum atomic E-state index is 6.31. The van der Waals surface area contributed by atoms with E-state index < -0.39 is 0 Å². The van der Waals surface area contributed by atoms with E-state index in [1.54, 1.807) is 11.3 Å². The van der Waals surface area contributed by atoms with Crippen LogP contribution >= 0.6 is 39.0 Å². The van der Waals surface area contributed by atoms with Gasteiger partial charge in [0.15, 0.2) is 0 Å². The third kappa shape index (κ3) is 4.09. The second-order valence-electron chi connectivity index (χ2n) is 4.59. The van der Waals surface area contributed by atoms with Crippen molar-refractivity contribution in [2.24, 2.45) is 5.73 Å². The fourth-order valence-electron chi connectivity index (χ4n) is 1.81. The molecule has 0 aliphatic heterocycles. The van der Waals surface area contributed by atoms with E-state index in [1.165, 1.54) is 15.3 Å². The summed E-state index contributed by atoms with van der Waals surface area (Å²) in [7, 11) is 0. The lowest BCUT2D eigenvalue weighted by Gasteiger charge is -2.21. The van der Waals surface area contributed by atoms with Gasteiger partial charge < -0.3 is 5.73 Å². The van der Waals surface area contributed by atoms with Gasteiger partial charge in [-0.25, -0.2) is 0 Å². The van der Waals surface area contributed by atoms with Gasteiger partial charge in [0.1, 0.15) is 0 Å². The van der Waals surface area contributed by atoms with E-state index in [9.17, 15) is 0 Å². The molecule has 102 valence electrons. The average molecular weight is 356 g/mol. The Morgan fingerprint density at radius 3 is 2.53 bits per heavy atom. The molecule has 2 N–H and O–H groups in total. The highest BCUT2D eigenvalue weighted by atomic mass is 79.9. The number of halogens is 1. The summed E-state index contributed by atoms with van der Waals surface area (Å²) in [6, 6.07) is 11.0. The molecule has 0 aliphatic rings. The normalized spacial score (nSPS) is 14.3. The molecule has 2 unspecified atom stereocenters. The van der Waals surface area contributed by atoms with Gasteiger partial charge >= 0.3 is 0 Å². The Balaban J connectivity index is 2.21. The summed E-state index contributed by atoms with van der Waals surface area (Å²) in [5.41, 5.74) is 7.60. The minimum Gasteiger partial charge on any atom is -0.326 e. The van der Waals surface area contributed by atoms with Crippen LogP contribution in [-0.4, -0.2) is 6.04 Å². The molecule has 0 bridgehead atoms. The van der Waals surface area contributed by atoms with Gasteiger partial charge in [0, 0.05) is 25.7 Å². The van der Waals surface area contributed by atoms with Gasteiger partial charge in [0.05, 0.1) is 5.25 Å². The van der Waals surface area contributed by atoms with Gasteiger partial charge in [-0.2, -0.15) is 0 Å². The van der Waals surface area contributed by atoms with Crippen molar-refractivity contribution in [2.45, 2.75) is 36.5 Å². The minimum absolute atomic E-state index is 0.178. The summed E-state index contributed by atoms with van der Waals surface area (Å²) in [6.45, 7) is 4.26. The summed E-state index contributed by atoms with van der Waals surface area (Å²) in [5.74, 6) is 0. The van der Waals surface area contributed by atoms with Crippen molar-refractivity contribution in [3.8, 4) is 0 Å². The van der Waals surface area contributed by atoms with Crippen molar-refractivity contribution in [3.63, 3.8) is 0 Å². The van der Waals surface area contributed by atoms with Crippen LogP contribution in [0.3, 0.4) is 0 Å². The predicted octanol–water partition coefficient (Wildman–Crippen LogP) is 5.39. The number of hydrogen-bond acceptors (Lipinski definition) is 3. The lowest BCUT2D eigenvalue weighted by Crippen LogP contribution is -2.25. The third-order valence-electron chi connectivity index (χ3n) is 3.01. The number of aryl methyl sites for hydroxylation is 1. The van der Waals surface area contributed by atoms with Gasteiger partial charge in [-0.05, 0) is 47.5 Å². The zero-order chi connectivity index (χ0) is 13.8. The SMILES string of the molecule is CCC(N)C(Sc1ccc(C)cc1)c1cc(Br)cs1. The van der Waals surface area contributed by atoms with Crippen molar-refractivity contribution in [3.05, 3.63) is 50.6 Å². The van der Waals surface area contributed by atoms with Crippen molar-refractivity contribution in [2.75, 3.05) is 0 Å². The van der Waals surface area contributed by atoms with Crippen LogP contribution in [0.1, 0.15) is 29.0 Å². The molecule has 1 aromatic carbocycles. The zero-order valence-corrected chi connectivity index (χ0v) is 14.3. The topological polar surface area (TPSA) is 26.0 Å². The van der Waals surface area contributed by atoms with Gasteiger partial charge in [-0.15, -0.1) is 23.1 Å². The molecule has 2 atom stereocenters. The molecule has 0 amide bonds. The van der Waals surface area contributed by atoms with Gasteiger partial charge in [0.2, 0.25) is 0 Å². The highest BCUT2D eigenvalue weighted by molar-refractivity contribution is 9.10. The van der Waals surface area contributed by atoms with E-state index in [2.05, 4.69) is 65.5 Å². The first-order valence-electron chi connectivity index (χ1n) is 6.33. The molecule has 0 radical (unpaired) electrons. The third-order valence-corrected chi connectivity index (χ3v) is 6.34. The lowest BCUT2D eigenvalue weighted by atomic mass is 10.1. The first-order valence-corrected chi connectivity index (χ1v) is 8.88. The van der Waals surface area contributed by atoms with Gasteiger partial charge in [-0.3, -0.25) is 0 Å². The first-order chi connectivity index (χ1) is 9.10. The number of nitrogens with two attached hydrogens (primary N) is 1. The standard InChI is InChI=1S/C15H18BrNS2/c1-3-13(17)15(14-8-11(16)9-18-14)19-12-6-4-10(2)5-7-12/h4-9,13,15H,3,17H2,1-2H3. The number of thiophene rings is 1. The van der Waals surface area contributed by atoms with Crippen molar-refractivity contribution >= 4 is 39.0 Å². The van der Waals surface area contributed by atoms with Crippen LogP contribution in [0.2, 0.25) is 0 Å². The molecule has 0 spiro atoms. The summed E-state index contributed by atoms with van der Waals surface area (Å²) >= 11 is 7.16. The molecule has 1 heterocycles. The van der Waals surface area contributed by atoms with Crippen LogP contribution in [0.15, 0.2) is 45.1 Å². The van der Waals surface area contributed by atoms with Crippen LogP contribution in [-0.2, 0) is 0 Å². The number of benzene rings is 1. The van der Waals surface area contributed by atoms with Crippen LogP contribution in [0.4, 0.5) is 0 Å². The summed E-state index contributed by atoms with van der Waals surface area (Å²) in [5, 5.41) is 2.45. The van der Waals surface area contributed by atoms with E-state index >= 15 is 0 Å². The van der Waals surface area contributed by atoms with Crippen molar-refractivity contribution < 1.29 is 0 Å². The molecule has 0 fully saturated rings. The fraction of sp³-hybridized carbons (Fsp3) is 0.333. The van der Waals surface area contributed by atoms with Crippen LogP contribution in [0.5, 0.6) is 0 Å². The average Bonchev–Trinajstić information content (AvgIpc) is 2.83. The van der Waals surface area contributed by atoms with Crippen LogP contribution in [0, 0.1) is 6.92 Å². The largest absolute Gasteiger partial charge is 0.326 e. The number of rotatable bonds is 5. The predicted molar refractivity (Wildman–Crippen MR) is 90.1 cm³/mol. The molecule has 0 saturated carbocycles. The molecule has 1 nitrogen and oxygen atoms in total. The molecule has 0 aliphatic carbocycles.